The third-order valence-electron chi connectivity index (χ3n) is 2.02. The fraction of sp³-hybridized carbons (Fsp3) is 0.538. The highest BCUT2D eigenvalue weighted by Crippen LogP contribution is 2.14. The van der Waals surface area contributed by atoms with E-state index in [9.17, 15) is 0 Å². The fourth-order valence-electron chi connectivity index (χ4n) is 1.14. The van der Waals surface area contributed by atoms with Gasteiger partial charge in [-0.05, 0) is 18.6 Å². The van der Waals surface area contributed by atoms with Crippen LogP contribution in [0.5, 0.6) is 5.75 Å². The van der Waals surface area contributed by atoms with Gasteiger partial charge in [-0.1, -0.05) is 51.3 Å². The zero-order chi connectivity index (χ0) is 10.8. The zero-order valence-corrected chi connectivity index (χ0v) is 9.84. The van der Waals surface area contributed by atoms with Crippen molar-refractivity contribution in [3.05, 3.63) is 29.8 Å². The van der Waals surface area contributed by atoms with Crippen LogP contribution in [0.4, 0.5) is 0 Å². The van der Waals surface area contributed by atoms with Crippen LogP contribution in [0.2, 0.25) is 0 Å². The van der Waals surface area contributed by atoms with Crippen molar-refractivity contribution < 1.29 is 4.74 Å². The van der Waals surface area contributed by atoms with Gasteiger partial charge in [0, 0.05) is 0 Å². The molecule has 14 heavy (non-hydrogen) atoms. The first-order chi connectivity index (χ1) is 6.76. The number of ether oxygens (including phenoxy) is 1. The highest BCUT2D eigenvalue weighted by Gasteiger charge is 1.90. The molecule has 1 aromatic rings. The molecule has 0 atom stereocenters. The van der Waals surface area contributed by atoms with Crippen LogP contribution in [0, 0.1) is 6.92 Å². The van der Waals surface area contributed by atoms with E-state index in [4.69, 9.17) is 4.74 Å². The van der Waals surface area contributed by atoms with Gasteiger partial charge in [-0.15, -0.1) is 0 Å². The SMILES string of the molecule is CCCCC.COc1ccccc1C. The normalized spacial score (nSPS) is 8.86. The third kappa shape index (κ3) is 5.63. The Morgan fingerprint density at radius 2 is 1.64 bits per heavy atom. The van der Waals surface area contributed by atoms with E-state index in [-0.39, 0.29) is 0 Å². The molecule has 0 spiro atoms. The molecule has 1 heteroatoms. The number of unbranched alkanes of at least 4 members (excludes halogenated alkanes) is 2. The Kier molecular flexibility index (Phi) is 8.01. The molecule has 0 saturated carbocycles. The van der Waals surface area contributed by atoms with Gasteiger partial charge in [-0.2, -0.15) is 0 Å². The summed E-state index contributed by atoms with van der Waals surface area (Å²) in [5.41, 5.74) is 1.18. The molecule has 1 aromatic carbocycles. The first-order valence-corrected chi connectivity index (χ1v) is 5.35. The predicted molar refractivity (Wildman–Crippen MR) is 62.9 cm³/mol. The van der Waals surface area contributed by atoms with Crippen molar-refractivity contribution in [2.75, 3.05) is 7.11 Å². The topological polar surface area (TPSA) is 9.23 Å². The van der Waals surface area contributed by atoms with Gasteiger partial charge >= 0.3 is 0 Å². The molecule has 0 N–H and O–H groups in total. The van der Waals surface area contributed by atoms with E-state index in [1.165, 1.54) is 24.8 Å². The summed E-state index contributed by atoms with van der Waals surface area (Å²) >= 11 is 0. The Bertz CT molecular complexity index is 228. The molecule has 1 nitrogen and oxygen atoms in total. The van der Waals surface area contributed by atoms with Crippen molar-refractivity contribution in [3.63, 3.8) is 0 Å². The van der Waals surface area contributed by atoms with Crippen molar-refractivity contribution in [3.8, 4) is 5.75 Å². The van der Waals surface area contributed by atoms with Crippen molar-refractivity contribution in [1.29, 1.82) is 0 Å². The molecule has 0 saturated heterocycles. The molecule has 0 unspecified atom stereocenters. The summed E-state index contributed by atoms with van der Waals surface area (Å²) in [6.45, 7) is 6.45. The minimum Gasteiger partial charge on any atom is -0.496 e. The quantitative estimate of drug-likeness (QED) is 0.700. The Morgan fingerprint density at radius 3 is 1.93 bits per heavy atom. The minimum atomic E-state index is 0.956. The average Bonchev–Trinajstić information content (AvgIpc) is 2.21. The van der Waals surface area contributed by atoms with Gasteiger partial charge in [-0.3, -0.25) is 0 Å². The lowest BCUT2D eigenvalue weighted by Crippen LogP contribution is -1.84. The molecule has 0 aliphatic carbocycles. The van der Waals surface area contributed by atoms with Crippen molar-refractivity contribution in [2.45, 2.75) is 40.0 Å². The molecular weight excluding hydrogens is 172 g/mol. The molecule has 0 aliphatic rings. The van der Waals surface area contributed by atoms with Crippen molar-refractivity contribution >= 4 is 0 Å². The van der Waals surface area contributed by atoms with Crippen LogP contribution in [0.15, 0.2) is 24.3 Å². The Hall–Kier alpha value is -0.980. The first kappa shape index (κ1) is 13.0. The average molecular weight is 194 g/mol. The molecule has 1 rings (SSSR count). The van der Waals surface area contributed by atoms with E-state index in [0.29, 0.717) is 0 Å². The van der Waals surface area contributed by atoms with Gasteiger partial charge < -0.3 is 4.74 Å². The zero-order valence-electron chi connectivity index (χ0n) is 9.84. The molecule has 0 aromatic heterocycles. The summed E-state index contributed by atoms with van der Waals surface area (Å²) < 4.78 is 5.04. The van der Waals surface area contributed by atoms with Crippen molar-refractivity contribution in [1.82, 2.24) is 0 Å². The molecule has 0 heterocycles. The molecule has 0 radical (unpaired) electrons. The molecule has 0 fully saturated rings. The summed E-state index contributed by atoms with van der Waals surface area (Å²) in [5, 5.41) is 0. The van der Waals surface area contributed by atoms with Crippen LogP contribution in [-0.4, -0.2) is 7.11 Å². The lowest BCUT2D eigenvalue weighted by molar-refractivity contribution is 0.411. The second kappa shape index (κ2) is 8.61. The van der Waals surface area contributed by atoms with Crippen molar-refractivity contribution in [2.24, 2.45) is 0 Å². The summed E-state index contributed by atoms with van der Waals surface area (Å²) in [6, 6.07) is 7.94. The molecule has 0 bridgehead atoms. The number of methoxy groups -OCH3 is 1. The smallest absolute Gasteiger partial charge is 0.121 e. The van der Waals surface area contributed by atoms with E-state index in [1.54, 1.807) is 7.11 Å². The van der Waals surface area contributed by atoms with Gasteiger partial charge in [0.05, 0.1) is 7.11 Å². The number of aryl methyl sites for hydroxylation is 1. The first-order valence-electron chi connectivity index (χ1n) is 5.35. The van der Waals surface area contributed by atoms with Gasteiger partial charge in [0.2, 0.25) is 0 Å². The largest absolute Gasteiger partial charge is 0.496 e. The predicted octanol–water partition coefficient (Wildman–Crippen LogP) is 4.20. The van der Waals surface area contributed by atoms with E-state index in [0.717, 1.165) is 5.75 Å². The van der Waals surface area contributed by atoms with Gasteiger partial charge in [-0.25, -0.2) is 0 Å². The molecular formula is C13H22O. The Balaban J connectivity index is 0.000000292. The highest BCUT2D eigenvalue weighted by molar-refractivity contribution is 5.31. The Morgan fingerprint density at radius 1 is 1.07 bits per heavy atom. The maximum atomic E-state index is 5.04. The second-order valence-corrected chi connectivity index (χ2v) is 3.32. The van der Waals surface area contributed by atoms with Crippen LogP contribution in [0.1, 0.15) is 38.7 Å². The number of benzene rings is 1. The lowest BCUT2D eigenvalue weighted by Gasteiger charge is -2.00. The van der Waals surface area contributed by atoms with Crippen LogP contribution in [0.3, 0.4) is 0 Å². The second-order valence-electron chi connectivity index (χ2n) is 3.32. The van der Waals surface area contributed by atoms with Crippen LogP contribution in [-0.2, 0) is 0 Å². The third-order valence-corrected chi connectivity index (χ3v) is 2.02. The van der Waals surface area contributed by atoms with E-state index in [2.05, 4.69) is 13.8 Å². The van der Waals surface area contributed by atoms with Gasteiger partial charge in [0.1, 0.15) is 5.75 Å². The lowest BCUT2D eigenvalue weighted by atomic mass is 10.2. The monoisotopic (exact) mass is 194 g/mol. The highest BCUT2D eigenvalue weighted by atomic mass is 16.5. The Labute approximate surface area is 88.1 Å². The maximum Gasteiger partial charge on any atom is 0.121 e. The standard InChI is InChI=1S/C8H10O.C5H12/c1-7-5-3-4-6-8(7)9-2;1-3-5-4-2/h3-6H,1-2H3;3-5H2,1-2H3. The van der Waals surface area contributed by atoms with Gasteiger partial charge in [0.15, 0.2) is 0 Å². The van der Waals surface area contributed by atoms with Crippen LogP contribution >= 0.6 is 0 Å². The minimum absolute atomic E-state index is 0.956. The fourth-order valence-corrected chi connectivity index (χ4v) is 1.14. The summed E-state index contributed by atoms with van der Waals surface area (Å²) in [4.78, 5) is 0. The number of rotatable bonds is 3. The maximum absolute atomic E-state index is 5.04. The summed E-state index contributed by atoms with van der Waals surface area (Å²) in [7, 11) is 1.68. The molecule has 80 valence electrons. The number of hydrogen-bond acceptors (Lipinski definition) is 1. The molecule has 0 amide bonds. The number of para-hydroxylation sites is 1. The van der Waals surface area contributed by atoms with Crippen LogP contribution in [0.25, 0.3) is 0 Å². The van der Waals surface area contributed by atoms with E-state index < -0.39 is 0 Å². The number of hydrogen-bond donors (Lipinski definition) is 0. The molecule has 0 aliphatic heterocycles. The van der Waals surface area contributed by atoms with Crippen LogP contribution < -0.4 is 4.74 Å². The summed E-state index contributed by atoms with van der Waals surface area (Å²) in [5.74, 6) is 0.956. The van der Waals surface area contributed by atoms with E-state index >= 15 is 0 Å². The summed E-state index contributed by atoms with van der Waals surface area (Å²) in [6.07, 6.45) is 4.08. The van der Waals surface area contributed by atoms with Gasteiger partial charge in [0.25, 0.3) is 0 Å². The van der Waals surface area contributed by atoms with E-state index in [1.807, 2.05) is 31.2 Å².